The van der Waals surface area contributed by atoms with Crippen LogP contribution >= 0.6 is 22.7 Å². The number of pyridine rings is 2. The number of hydrogen-bond donors (Lipinski definition) is 2. The smallest absolute Gasteiger partial charge is 0.126 e. The van der Waals surface area contributed by atoms with Gasteiger partial charge in [-0.25, -0.2) is 9.97 Å². The van der Waals surface area contributed by atoms with E-state index in [9.17, 15) is 0 Å². The number of rotatable bonds is 0. The van der Waals surface area contributed by atoms with Crippen LogP contribution in [0.1, 0.15) is 275 Å². The predicted octanol–water partition coefficient (Wildman–Crippen LogP) is 29.4. The SMILES string of the molecule is CC.CC.CC.CC.CC.CC.CC.CC.CC.CC.CC.CC.CC1CCCCC1.CC1CCNCC1.CN1CCOCC1.Cc1ccc[nH]1.Cc1ccccc1.Cc1ccccn1.Cc1cccnc1.Cc1ccco1.Cc1cccs1.Cc1ccsc1.Cc1cnoc1.Cc1ncccn1. The van der Waals surface area contributed by atoms with Crippen LogP contribution in [0.15, 0.2) is 190 Å². The molecule has 0 unspecified atom stereocenters. The van der Waals surface area contributed by atoms with Gasteiger partial charge >= 0.3 is 0 Å². The van der Waals surface area contributed by atoms with Crippen LogP contribution in [0, 0.1) is 74.1 Å². The van der Waals surface area contributed by atoms with Gasteiger partial charge in [-0.1, -0.05) is 271 Å². The van der Waals surface area contributed by atoms with Crippen molar-refractivity contribution < 1.29 is 13.7 Å². The molecule has 2 aliphatic heterocycles. The van der Waals surface area contributed by atoms with Crippen molar-refractivity contribution >= 4 is 22.7 Å². The fourth-order valence-corrected chi connectivity index (χ4v) is 7.66. The molecule has 1 saturated carbocycles. The number of thiophene rings is 2. The molecule has 0 bridgehead atoms. The highest BCUT2D eigenvalue weighted by molar-refractivity contribution is 7.09. The number of piperidine rings is 1. The molecule has 0 atom stereocenters. The van der Waals surface area contributed by atoms with Crippen molar-refractivity contribution in [3.8, 4) is 0 Å². The molecule has 2 saturated heterocycles. The summed E-state index contributed by atoms with van der Waals surface area (Å²) in [4.78, 5) is 22.3. The first-order valence-corrected chi connectivity index (χ1v) is 41.5. The summed E-state index contributed by atoms with van der Waals surface area (Å²) in [5.41, 5.74) is 7.25. The van der Waals surface area contributed by atoms with E-state index in [1.165, 1.54) is 85.3 Å². The summed E-state index contributed by atoms with van der Waals surface area (Å²) in [6, 6.07) is 35.9. The van der Waals surface area contributed by atoms with Crippen LogP contribution in [-0.2, 0) is 4.74 Å². The molecule has 3 fully saturated rings. The Bertz CT molecular complexity index is 2130. The van der Waals surface area contributed by atoms with Gasteiger partial charge in [-0.05, 0) is 195 Å². The minimum Gasteiger partial charge on any atom is -0.470 e. The lowest BCUT2D eigenvalue weighted by Gasteiger charge is -2.21. The van der Waals surface area contributed by atoms with E-state index in [-0.39, 0.29) is 0 Å². The van der Waals surface area contributed by atoms with Gasteiger partial charge in [0.25, 0.3) is 0 Å². The molecule has 3 aliphatic rings. The number of benzene rings is 1. The van der Waals surface area contributed by atoms with Crippen LogP contribution in [0.3, 0.4) is 0 Å². The molecule has 13 heteroatoms. The van der Waals surface area contributed by atoms with Gasteiger partial charge in [0, 0.05) is 72.1 Å². The summed E-state index contributed by atoms with van der Waals surface area (Å²) < 4.78 is 14.4. The largest absolute Gasteiger partial charge is 0.470 e. The highest BCUT2D eigenvalue weighted by Crippen LogP contribution is 2.22. The first kappa shape index (κ1) is 123. The number of nitrogens with zero attached hydrogens (tertiary/aromatic N) is 6. The van der Waals surface area contributed by atoms with Crippen LogP contribution in [0.2, 0.25) is 0 Å². The Morgan fingerprint density at radius 1 is 0.447 bits per heavy atom. The van der Waals surface area contributed by atoms with Crippen LogP contribution in [0.25, 0.3) is 0 Å². The van der Waals surface area contributed by atoms with Crippen molar-refractivity contribution in [1.29, 1.82) is 0 Å². The maximum atomic E-state index is 5.10. The zero-order chi connectivity index (χ0) is 81.8. The third-order valence-corrected chi connectivity index (χ3v) is 12.9. The van der Waals surface area contributed by atoms with Crippen LogP contribution in [0.4, 0.5) is 0 Å². The van der Waals surface area contributed by atoms with Crippen LogP contribution in [0.5, 0.6) is 0 Å². The van der Waals surface area contributed by atoms with E-state index in [1.54, 1.807) is 72.3 Å². The molecule has 0 spiro atoms. The van der Waals surface area contributed by atoms with Crippen LogP contribution in [-0.4, -0.2) is 81.4 Å². The number of H-pyrrole nitrogens is 1. The second-order valence-electron chi connectivity index (χ2n) is 19.3. The highest BCUT2D eigenvalue weighted by atomic mass is 32.1. The standard InChI is InChI=1S/C7H14.C7H8.C6H13N.2C6H7N.C5H6N2.C5H11NO.C5H7N.C5H6O.2C5H6S.C4H5NO.12C2H6/c2*1-7-5-3-2-4-6-7;1-6-2-4-7-5-3-6;1-6-3-2-4-7-5-6;1-6-4-2-3-5-7-6;1-5-6-3-2-4-7-5;1-6-2-4-7-5-3-6;2*1-5-3-2-4-6-5;1-5-2-3-6-4-5;1-5-3-2-4-6-5;1-4-2-5-6-3-4;12*1-2/h7H,2-6H2,1H3;2-6H,1H3;6-7H,2-5H2,1H3;2*2-5H,1H3;2-4H,1H3;2-5H2,1H3;2-4,6H,1H3;3*2-4H,1H3;2-3H,1H3;12*1-2H3. The molecule has 2 N–H and O–H groups in total. The van der Waals surface area contributed by atoms with Gasteiger partial charge in [-0.3, -0.25) is 9.97 Å². The third-order valence-electron chi connectivity index (χ3n) is 11.3. The Morgan fingerprint density at radius 3 is 1.15 bits per heavy atom. The molecule has 598 valence electrons. The van der Waals surface area contributed by atoms with E-state index >= 15 is 0 Å². The fourth-order valence-electron chi connectivity index (χ4n) is 6.46. The molecule has 10 heterocycles. The number of morpholine rings is 1. The lowest BCUT2D eigenvalue weighted by molar-refractivity contribution is 0.0503. The maximum absolute atomic E-state index is 5.10. The van der Waals surface area contributed by atoms with Gasteiger partial charge in [0.15, 0.2) is 0 Å². The molecule has 9 aromatic rings. The van der Waals surface area contributed by atoms with E-state index < -0.39 is 0 Å². The minimum atomic E-state index is 0.822. The van der Waals surface area contributed by atoms with Crippen molar-refractivity contribution in [3.63, 3.8) is 0 Å². The van der Waals surface area contributed by atoms with Gasteiger partial charge in [0.05, 0.1) is 25.7 Å². The third kappa shape index (κ3) is 117. The number of hydrogen-bond acceptors (Lipinski definition) is 12. The minimum absolute atomic E-state index is 0.822. The number of nitrogens with one attached hydrogen (secondary N) is 2. The van der Waals surface area contributed by atoms with Crippen molar-refractivity contribution in [3.05, 3.63) is 231 Å². The zero-order valence-corrected chi connectivity index (χ0v) is 75.5. The summed E-state index contributed by atoms with van der Waals surface area (Å²) in [6.07, 6.45) is 25.9. The molecular weight excluding hydrogens is 1310 g/mol. The molecule has 12 rings (SSSR count). The molecular formula is C90H168N8O3S2. The Labute approximate surface area is 649 Å². The van der Waals surface area contributed by atoms with E-state index in [2.05, 4.69) is 133 Å². The molecule has 1 aliphatic carbocycles. The van der Waals surface area contributed by atoms with E-state index in [0.29, 0.717) is 0 Å². The lowest BCUT2D eigenvalue weighted by atomic mass is 9.91. The van der Waals surface area contributed by atoms with E-state index in [4.69, 9.17) is 9.15 Å². The summed E-state index contributed by atoms with van der Waals surface area (Å²) in [5, 5.41) is 13.0. The summed E-state index contributed by atoms with van der Waals surface area (Å²) >= 11 is 3.52. The average Bonchev–Trinajstić information content (AvgIpc) is 2.73. The normalized spacial score (nSPS) is 10.8. The Morgan fingerprint density at radius 2 is 0.961 bits per heavy atom. The van der Waals surface area contributed by atoms with Gasteiger partial charge in [-0.15, -0.1) is 11.3 Å². The molecule has 1 aromatic carbocycles. The number of aryl methyl sites for hydroxylation is 9. The Kier molecular flexibility index (Phi) is 143. The van der Waals surface area contributed by atoms with Crippen molar-refractivity contribution in [2.24, 2.45) is 11.8 Å². The number of likely N-dealkylation sites (N-methyl/N-ethyl adjacent to an activating group) is 1. The predicted molar refractivity (Wildman–Crippen MR) is 472 cm³/mol. The second-order valence-corrected chi connectivity index (χ2v) is 21.3. The van der Waals surface area contributed by atoms with Crippen molar-refractivity contribution in [1.82, 2.24) is 40.3 Å². The average molecular weight is 1470 g/mol. The second kappa shape index (κ2) is 120. The van der Waals surface area contributed by atoms with Crippen molar-refractivity contribution in [2.45, 2.75) is 287 Å². The topological polar surface area (TPSA) is 131 Å². The fraction of sp³-hybridized carbons (Fsp3) is 0.567. The maximum Gasteiger partial charge on any atom is 0.126 e. The number of ether oxygens (including phenoxy) is 1. The molecule has 8 aromatic heterocycles. The summed E-state index contributed by atoms with van der Waals surface area (Å²) in [5.74, 6) is 3.80. The quantitative estimate of drug-likeness (QED) is 0.151. The summed E-state index contributed by atoms with van der Waals surface area (Å²) in [7, 11) is 2.11. The van der Waals surface area contributed by atoms with Crippen molar-refractivity contribution in [2.75, 3.05) is 46.4 Å². The lowest BCUT2D eigenvalue weighted by Crippen LogP contribution is -2.32. The van der Waals surface area contributed by atoms with E-state index in [1.807, 2.05) is 293 Å². The monoisotopic (exact) mass is 1470 g/mol. The van der Waals surface area contributed by atoms with Gasteiger partial charge in [0.2, 0.25) is 0 Å². The van der Waals surface area contributed by atoms with Gasteiger partial charge in [0.1, 0.15) is 17.8 Å². The Balaban J connectivity index is -0.0000000854. The number of furan rings is 1. The highest BCUT2D eigenvalue weighted by Gasteiger charge is 2.06. The first-order valence-electron chi connectivity index (χ1n) is 39.6. The van der Waals surface area contributed by atoms with Crippen LogP contribution < -0.4 is 5.32 Å². The Hall–Kier alpha value is -6.35. The van der Waals surface area contributed by atoms with Gasteiger partial charge in [-0.2, -0.15) is 11.3 Å². The molecule has 0 amide bonds. The molecule has 0 radical (unpaired) electrons. The zero-order valence-electron chi connectivity index (χ0n) is 73.9. The van der Waals surface area contributed by atoms with E-state index in [0.717, 1.165) is 61.0 Å². The first-order chi connectivity index (χ1) is 50.2. The summed E-state index contributed by atoms with van der Waals surface area (Å²) in [6.45, 7) is 77.2. The van der Waals surface area contributed by atoms with Gasteiger partial charge < -0.3 is 28.9 Å². The molecule has 11 nitrogen and oxygen atoms in total. The number of aromatic amines is 1. The number of aromatic nitrogens is 6. The molecule has 103 heavy (non-hydrogen) atoms.